The zero-order valence-corrected chi connectivity index (χ0v) is 14.1. The van der Waals surface area contributed by atoms with E-state index in [-0.39, 0.29) is 5.41 Å². The lowest BCUT2D eigenvalue weighted by Gasteiger charge is -2.60. The third-order valence-electron chi connectivity index (χ3n) is 5.11. The molecule has 1 aromatic rings. The van der Waals surface area contributed by atoms with E-state index in [1.54, 1.807) is 0 Å². The Morgan fingerprint density at radius 3 is 2.95 bits per heavy atom. The zero-order chi connectivity index (χ0) is 14.3. The molecular formula is C17H24BrNO. The Hall–Kier alpha value is -0.380. The topological polar surface area (TPSA) is 21.3 Å². The third-order valence-corrected chi connectivity index (χ3v) is 5.60. The number of halogens is 1. The minimum Gasteiger partial charge on any atom is -0.377 e. The van der Waals surface area contributed by atoms with Crippen LogP contribution >= 0.6 is 15.9 Å². The molecule has 3 unspecified atom stereocenters. The van der Waals surface area contributed by atoms with Gasteiger partial charge in [-0.25, -0.2) is 0 Å². The van der Waals surface area contributed by atoms with Crippen molar-refractivity contribution in [2.45, 2.75) is 51.8 Å². The number of ether oxygens (including phenoxy) is 1. The predicted octanol–water partition coefficient (Wildman–Crippen LogP) is 4.30. The van der Waals surface area contributed by atoms with E-state index in [2.05, 4.69) is 66.3 Å². The first-order chi connectivity index (χ1) is 9.50. The van der Waals surface area contributed by atoms with Crippen LogP contribution in [0.25, 0.3) is 0 Å². The molecule has 20 heavy (non-hydrogen) atoms. The molecule has 0 aromatic heterocycles. The van der Waals surface area contributed by atoms with Gasteiger partial charge in [0.2, 0.25) is 0 Å². The van der Waals surface area contributed by atoms with Gasteiger partial charge in [0.1, 0.15) is 0 Å². The van der Waals surface area contributed by atoms with Crippen molar-refractivity contribution in [3.8, 4) is 0 Å². The first-order valence-corrected chi connectivity index (χ1v) is 8.42. The Morgan fingerprint density at radius 2 is 2.20 bits per heavy atom. The van der Waals surface area contributed by atoms with Crippen LogP contribution in [0.1, 0.15) is 45.2 Å². The monoisotopic (exact) mass is 337 g/mol. The quantitative estimate of drug-likeness (QED) is 0.887. The molecule has 1 aliphatic heterocycles. The molecule has 0 radical (unpaired) electrons. The predicted molar refractivity (Wildman–Crippen MR) is 85.7 cm³/mol. The molecule has 3 rings (SSSR count). The molecule has 4 atom stereocenters. The van der Waals surface area contributed by atoms with Crippen LogP contribution in [0.4, 0.5) is 0 Å². The van der Waals surface area contributed by atoms with Crippen molar-refractivity contribution in [3.63, 3.8) is 0 Å². The lowest BCUT2D eigenvalue weighted by Crippen LogP contribution is -2.69. The Morgan fingerprint density at radius 1 is 1.40 bits per heavy atom. The van der Waals surface area contributed by atoms with E-state index in [9.17, 15) is 0 Å². The molecule has 0 bridgehead atoms. The summed E-state index contributed by atoms with van der Waals surface area (Å²) in [4.78, 5) is 0. The Kier molecular flexibility index (Phi) is 3.95. The summed E-state index contributed by atoms with van der Waals surface area (Å²) < 4.78 is 7.13. The number of rotatable bonds is 3. The minimum absolute atomic E-state index is 0.241. The highest BCUT2D eigenvalue weighted by molar-refractivity contribution is 9.10. The molecule has 1 aliphatic carbocycles. The molecule has 1 heterocycles. The molecule has 1 saturated carbocycles. The van der Waals surface area contributed by atoms with Crippen molar-refractivity contribution in [2.75, 3.05) is 6.61 Å². The average molecular weight is 338 g/mol. The fourth-order valence-corrected chi connectivity index (χ4v) is 4.42. The molecule has 1 N–H and O–H groups in total. The standard InChI is InChI=1S/C17H24BrNO/c1-11(12-6-4-7-13(18)10-12)19-15-14-8-5-9-20-16(14)17(15,2)3/h4,6-7,10-11,14-16,19H,5,8-9H2,1-3H3/t11-,14?,15?,16?/m1/s1. The van der Waals surface area contributed by atoms with Crippen molar-refractivity contribution < 1.29 is 4.74 Å². The van der Waals surface area contributed by atoms with Crippen LogP contribution in [0.5, 0.6) is 0 Å². The number of fused-ring (bicyclic) bond motifs is 1. The summed E-state index contributed by atoms with van der Waals surface area (Å²) >= 11 is 3.56. The average Bonchev–Trinajstić information content (AvgIpc) is 2.44. The van der Waals surface area contributed by atoms with Crippen LogP contribution in [0.2, 0.25) is 0 Å². The van der Waals surface area contributed by atoms with Crippen molar-refractivity contribution in [1.29, 1.82) is 0 Å². The summed E-state index contributed by atoms with van der Waals surface area (Å²) in [5.74, 6) is 0.688. The maximum Gasteiger partial charge on any atom is 0.0684 e. The van der Waals surface area contributed by atoms with Crippen molar-refractivity contribution in [2.24, 2.45) is 11.3 Å². The van der Waals surface area contributed by atoms with Gasteiger partial charge < -0.3 is 10.1 Å². The largest absolute Gasteiger partial charge is 0.377 e. The molecule has 0 spiro atoms. The van der Waals surface area contributed by atoms with Gasteiger partial charge in [0.25, 0.3) is 0 Å². The lowest BCUT2D eigenvalue weighted by atomic mass is 9.55. The van der Waals surface area contributed by atoms with Crippen LogP contribution in [-0.2, 0) is 4.74 Å². The maximum atomic E-state index is 5.98. The van der Waals surface area contributed by atoms with Gasteiger partial charge in [-0.15, -0.1) is 0 Å². The van der Waals surface area contributed by atoms with Crippen LogP contribution in [0.15, 0.2) is 28.7 Å². The van der Waals surface area contributed by atoms with E-state index >= 15 is 0 Å². The fourth-order valence-electron chi connectivity index (χ4n) is 4.00. The Balaban J connectivity index is 1.71. The Bertz CT molecular complexity index is 488. The summed E-state index contributed by atoms with van der Waals surface area (Å²) in [5.41, 5.74) is 1.58. The van der Waals surface area contributed by atoms with E-state index in [0.717, 1.165) is 11.1 Å². The lowest BCUT2D eigenvalue weighted by molar-refractivity contribution is -0.194. The van der Waals surface area contributed by atoms with Crippen LogP contribution < -0.4 is 5.32 Å². The summed E-state index contributed by atoms with van der Waals surface area (Å²) in [5, 5.41) is 3.85. The van der Waals surface area contributed by atoms with Gasteiger partial charge in [-0.1, -0.05) is 41.9 Å². The molecule has 1 saturated heterocycles. The van der Waals surface area contributed by atoms with Crippen molar-refractivity contribution in [3.05, 3.63) is 34.3 Å². The van der Waals surface area contributed by atoms with E-state index in [1.165, 1.54) is 18.4 Å². The maximum absolute atomic E-state index is 5.98. The molecule has 2 nitrogen and oxygen atoms in total. The van der Waals surface area contributed by atoms with Gasteiger partial charge in [-0.05, 0) is 37.5 Å². The first-order valence-electron chi connectivity index (χ1n) is 7.63. The van der Waals surface area contributed by atoms with Crippen molar-refractivity contribution >= 4 is 15.9 Å². The number of hydrogen-bond donors (Lipinski definition) is 1. The molecule has 0 amide bonds. The second kappa shape index (κ2) is 5.43. The normalized spacial score (nSPS) is 33.1. The highest BCUT2D eigenvalue weighted by Crippen LogP contribution is 2.51. The minimum atomic E-state index is 0.241. The van der Waals surface area contributed by atoms with E-state index in [1.807, 2.05) is 0 Å². The second-order valence-corrected chi connectivity index (χ2v) is 7.76. The van der Waals surface area contributed by atoms with Gasteiger partial charge in [-0.2, -0.15) is 0 Å². The molecule has 2 fully saturated rings. The van der Waals surface area contributed by atoms with E-state index < -0.39 is 0 Å². The second-order valence-electron chi connectivity index (χ2n) is 6.84. The van der Waals surface area contributed by atoms with E-state index in [4.69, 9.17) is 4.74 Å². The molecule has 110 valence electrons. The molecule has 2 aliphatic rings. The van der Waals surface area contributed by atoms with Gasteiger partial charge >= 0.3 is 0 Å². The Labute approximate surface area is 130 Å². The summed E-state index contributed by atoms with van der Waals surface area (Å²) in [6, 6.07) is 9.52. The fraction of sp³-hybridized carbons (Fsp3) is 0.647. The molecule has 1 aromatic carbocycles. The van der Waals surface area contributed by atoms with Crippen LogP contribution in [0.3, 0.4) is 0 Å². The highest BCUT2D eigenvalue weighted by Gasteiger charge is 2.57. The SMILES string of the molecule is C[C@@H](NC1C2CCCOC2C1(C)C)c1cccc(Br)c1. The highest BCUT2D eigenvalue weighted by atomic mass is 79.9. The van der Waals surface area contributed by atoms with Gasteiger partial charge in [0, 0.05) is 34.5 Å². The van der Waals surface area contributed by atoms with Crippen LogP contribution in [-0.4, -0.2) is 18.8 Å². The molecule has 3 heteroatoms. The third kappa shape index (κ3) is 2.44. The van der Waals surface area contributed by atoms with Gasteiger partial charge in [0.05, 0.1) is 6.10 Å². The van der Waals surface area contributed by atoms with Gasteiger partial charge in [0.15, 0.2) is 0 Å². The smallest absolute Gasteiger partial charge is 0.0684 e. The van der Waals surface area contributed by atoms with E-state index in [0.29, 0.717) is 24.1 Å². The zero-order valence-electron chi connectivity index (χ0n) is 12.5. The van der Waals surface area contributed by atoms with Gasteiger partial charge in [-0.3, -0.25) is 0 Å². The first kappa shape index (κ1) is 14.6. The summed E-state index contributed by atoms with van der Waals surface area (Å²) in [6.07, 6.45) is 2.96. The summed E-state index contributed by atoms with van der Waals surface area (Å²) in [7, 11) is 0. The van der Waals surface area contributed by atoms with Crippen molar-refractivity contribution in [1.82, 2.24) is 5.32 Å². The summed E-state index contributed by atoms with van der Waals surface area (Å²) in [6.45, 7) is 7.88. The number of benzene rings is 1. The molecular weight excluding hydrogens is 314 g/mol. The number of hydrogen-bond acceptors (Lipinski definition) is 2. The van der Waals surface area contributed by atoms with Crippen LogP contribution in [0, 0.1) is 11.3 Å². The number of nitrogens with one attached hydrogen (secondary N) is 1.